The lowest BCUT2D eigenvalue weighted by atomic mass is 9.65. The third-order valence-corrected chi connectivity index (χ3v) is 12.6. The number of rotatable bonds is 19. The molecule has 4 atom stereocenters. The van der Waals surface area contributed by atoms with Crippen LogP contribution in [0.15, 0.2) is 89.9 Å². The fraction of sp³-hybridized carbons (Fsp3) is 0.562. The zero-order valence-electron chi connectivity index (χ0n) is 34.4. The summed E-state index contributed by atoms with van der Waals surface area (Å²) in [6, 6.07) is 33.9. The van der Waals surface area contributed by atoms with Crippen LogP contribution in [0.25, 0.3) is 21.5 Å². The molecule has 0 aliphatic carbocycles. The molecule has 0 spiro atoms. The highest BCUT2D eigenvalue weighted by Gasteiger charge is 2.41. The van der Waals surface area contributed by atoms with Gasteiger partial charge < -0.3 is 0 Å². The molecule has 0 N–H and O–H groups in total. The van der Waals surface area contributed by atoms with Crippen LogP contribution >= 0.6 is 0 Å². The molecule has 0 fully saturated rings. The van der Waals surface area contributed by atoms with Crippen molar-refractivity contribution in [2.45, 2.75) is 144 Å². The van der Waals surface area contributed by atoms with Gasteiger partial charge in [0, 0.05) is 47.8 Å². The molecular formula is C48H71N3. The number of aliphatic imine (C=N–C) groups is 1. The average Bonchev–Trinajstić information content (AvgIpc) is 3.11. The molecule has 0 saturated carbocycles. The van der Waals surface area contributed by atoms with Crippen molar-refractivity contribution < 1.29 is 0 Å². The Bertz CT molecular complexity index is 1660. The molecule has 0 radical (unpaired) electrons. The summed E-state index contributed by atoms with van der Waals surface area (Å²) in [7, 11) is 0. The van der Waals surface area contributed by atoms with Gasteiger partial charge in [0.2, 0.25) is 0 Å². The van der Waals surface area contributed by atoms with Crippen LogP contribution in [0.4, 0.5) is 0 Å². The lowest BCUT2D eigenvalue weighted by molar-refractivity contribution is 0.141. The zero-order chi connectivity index (χ0) is 37.3. The van der Waals surface area contributed by atoms with Gasteiger partial charge in [-0.3, -0.25) is 14.8 Å². The first-order valence-electron chi connectivity index (χ1n) is 20.3. The summed E-state index contributed by atoms with van der Waals surface area (Å²) < 4.78 is 0. The van der Waals surface area contributed by atoms with Crippen molar-refractivity contribution in [3.8, 4) is 0 Å². The summed E-state index contributed by atoms with van der Waals surface area (Å²) in [5.74, 6) is 0.871. The van der Waals surface area contributed by atoms with Crippen LogP contribution < -0.4 is 0 Å². The molecule has 3 nitrogen and oxygen atoms in total. The molecule has 0 aliphatic rings. The van der Waals surface area contributed by atoms with E-state index in [0.717, 1.165) is 45.3 Å². The highest BCUT2D eigenvalue weighted by molar-refractivity contribution is 5.91. The lowest BCUT2D eigenvalue weighted by Crippen LogP contribution is -2.45. The van der Waals surface area contributed by atoms with Gasteiger partial charge in [0.15, 0.2) is 0 Å². The minimum absolute atomic E-state index is 0.115. The highest BCUT2D eigenvalue weighted by Crippen LogP contribution is 2.44. The van der Waals surface area contributed by atoms with E-state index in [1.165, 1.54) is 32.7 Å². The Hall–Kier alpha value is -3.01. The second-order valence-electron chi connectivity index (χ2n) is 16.7. The Balaban J connectivity index is 1.95. The second-order valence-corrected chi connectivity index (χ2v) is 16.7. The summed E-state index contributed by atoms with van der Waals surface area (Å²) in [5.41, 5.74) is 2.57. The maximum Gasteiger partial charge on any atom is 0.0486 e. The first-order valence-corrected chi connectivity index (χ1v) is 20.3. The standard InChI is InChI=1S/C48H71N3/c1-13-39(11)47(29-31-50(35(3)4)36(5)6,45-27-19-23-41-21-15-17-25-43(41)45)33-49-34-48(40(12)14-2,30-32-51(37(7)8)38(9)10)46-28-20-24-42-22-16-18-26-44(42)46/h15-28,33,35-40H,13-14,29-32,34H2,1-12H3. The van der Waals surface area contributed by atoms with Gasteiger partial charge in [-0.25, -0.2) is 0 Å². The molecule has 278 valence electrons. The fourth-order valence-corrected chi connectivity index (χ4v) is 9.16. The predicted molar refractivity (Wildman–Crippen MR) is 227 cm³/mol. The molecule has 0 bridgehead atoms. The summed E-state index contributed by atoms with van der Waals surface area (Å²) in [5, 5.41) is 5.37. The van der Waals surface area contributed by atoms with Crippen molar-refractivity contribution in [1.82, 2.24) is 9.80 Å². The first-order chi connectivity index (χ1) is 24.3. The monoisotopic (exact) mass is 690 g/mol. The van der Waals surface area contributed by atoms with Gasteiger partial charge in [0.1, 0.15) is 0 Å². The summed E-state index contributed by atoms with van der Waals surface area (Å²) in [6.45, 7) is 31.4. The van der Waals surface area contributed by atoms with Gasteiger partial charge >= 0.3 is 0 Å². The van der Waals surface area contributed by atoms with Crippen LogP contribution in [0.2, 0.25) is 0 Å². The summed E-state index contributed by atoms with van der Waals surface area (Å²) in [6.07, 6.45) is 6.78. The van der Waals surface area contributed by atoms with Gasteiger partial charge in [-0.05, 0) is 126 Å². The summed E-state index contributed by atoms with van der Waals surface area (Å²) in [4.78, 5) is 11.1. The largest absolute Gasteiger partial charge is 0.299 e. The fourth-order valence-electron chi connectivity index (χ4n) is 9.16. The maximum absolute atomic E-state index is 5.79. The minimum atomic E-state index is -0.209. The van der Waals surface area contributed by atoms with E-state index in [-0.39, 0.29) is 10.8 Å². The topological polar surface area (TPSA) is 18.8 Å². The van der Waals surface area contributed by atoms with E-state index in [1.807, 2.05) is 0 Å². The number of hydrogen-bond donors (Lipinski definition) is 0. The number of benzene rings is 4. The van der Waals surface area contributed by atoms with E-state index < -0.39 is 0 Å². The van der Waals surface area contributed by atoms with E-state index in [1.54, 1.807) is 0 Å². The van der Waals surface area contributed by atoms with Crippen molar-refractivity contribution in [1.29, 1.82) is 0 Å². The number of fused-ring (bicyclic) bond motifs is 2. The predicted octanol–water partition coefficient (Wildman–Crippen LogP) is 12.3. The molecule has 3 heteroatoms. The van der Waals surface area contributed by atoms with Crippen LogP contribution in [-0.2, 0) is 10.8 Å². The molecule has 0 aliphatic heterocycles. The number of nitrogens with zero attached hydrogens (tertiary/aromatic N) is 3. The van der Waals surface area contributed by atoms with E-state index in [2.05, 4.69) is 184 Å². The molecule has 4 aromatic rings. The van der Waals surface area contributed by atoms with Crippen molar-refractivity contribution in [3.63, 3.8) is 0 Å². The Kier molecular flexibility index (Phi) is 14.5. The van der Waals surface area contributed by atoms with Crippen LogP contribution in [-0.4, -0.2) is 59.8 Å². The molecule has 51 heavy (non-hydrogen) atoms. The SMILES string of the molecule is CCC(C)C(C=NCC(CCN(C(C)C)C(C)C)(c1cccc2ccccc12)C(C)CC)(CCN(C(C)C)C(C)C)c1cccc2ccccc12. The maximum atomic E-state index is 5.79. The minimum Gasteiger partial charge on any atom is -0.299 e. The Morgan fingerprint density at radius 3 is 1.45 bits per heavy atom. The first kappa shape index (κ1) is 40.8. The molecule has 0 amide bonds. The molecule has 0 aromatic heterocycles. The average molecular weight is 690 g/mol. The quantitative estimate of drug-likeness (QED) is 0.0913. The normalized spacial score (nSPS) is 16.4. The summed E-state index contributed by atoms with van der Waals surface area (Å²) >= 11 is 0. The van der Waals surface area contributed by atoms with Gasteiger partial charge in [0.25, 0.3) is 0 Å². The Labute approximate surface area is 312 Å². The Morgan fingerprint density at radius 1 is 0.529 bits per heavy atom. The van der Waals surface area contributed by atoms with Crippen molar-refractivity contribution in [2.75, 3.05) is 19.6 Å². The van der Waals surface area contributed by atoms with Gasteiger partial charge in [-0.15, -0.1) is 0 Å². The number of hydrogen-bond acceptors (Lipinski definition) is 3. The molecule has 4 aromatic carbocycles. The zero-order valence-corrected chi connectivity index (χ0v) is 34.4. The molecule has 0 heterocycles. The van der Waals surface area contributed by atoms with Crippen LogP contribution in [0, 0.1) is 11.8 Å². The van der Waals surface area contributed by atoms with E-state index >= 15 is 0 Å². The molecule has 4 unspecified atom stereocenters. The molecule has 4 rings (SSSR count). The third kappa shape index (κ3) is 8.97. The van der Waals surface area contributed by atoms with E-state index in [0.29, 0.717) is 36.0 Å². The third-order valence-electron chi connectivity index (χ3n) is 12.6. The second kappa shape index (κ2) is 18.2. The Morgan fingerprint density at radius 2 is 0.961 bits per heavy atom. The van der Waals surface area contributed by atoms with E-state index in [9.17, 15) is 0 Å². The van der Waals surface area contributed by atoms with Gasteiger partial charge in [-0.2, -0.15) is 0 Å². The van der Waals surface area contributed by atoms with Crippen LogP contribution in [0.5, 0.6) is 0 Å². The van der Waals surface area contributed by atoms with Crippen LogP contribution in [0.1, 0.15) is 120 Å². The molecular weight excluding hydrogens is 619 g/mol. The van der Waals surface area contributed by atoms with Gasteiger partial charge in [-0.1, -0.05) is 125 Å². The van der Waals surface area contributed by atoms with Crippen LogP contribution in [0.3, 0.4) is 0 Å². The van der Waals surface area contributed by atoms with Crippen molar-refractivity contribution >= 4 is 27.8 Å². The van der Waals surface area contributed by atoms with Gasteiger partial charge in [0.05, 0.1) is 0 Å². The van der Waals surface area contributed by atoms with E-state index in [4.69, 9.17) is 4.99 Å². The molecule has 0 saturated heterocycles. The highest BCUT2D eigenvalue weighted by atomic mass is 15.2. The van der Waals surface area contributed by atoms with Crippen molar-refractivity contribution in [3.05, 3.63) is 96.1 Å². The smallest absolute Gasteiger partial charge is 0.0486 e. The lowest BCUT2D eigenvalue weighted by Gasteiger charge is -2.43. The van der Waals surface area contributed by atoms with Crippen molar-refractivity contribution in [2.24, 2.45) is 16.8 Å².